The molecule has 0 aliphatic carbocycles. The number of carbonyl (C=O) groups excluding carboxylic acids is 1. The van der Waals surface area contributed by atoms with Crippen molar-refractivity contribution in [2.24, 2.45) is 5.92 Å². The summed E-state index contributed by atoms with van der Waals surface area (Å²) >= 11 is 1.42. The molecule has 5 nitrogen and oxygen atoms in total. The summed E-state index contributed by atoms with van der Waals surface area (Å²) in [5.41, 5.74) is 0.997. The Labute approximate surface area is 224 Å². The first-order chi connectivity index (χ1) is 17.7. The number of aromatic nitrogens is 2. The van der Waals surface area contributed by atoms with Crippen LogP contribution in [0.15, 0.2) is 54.7 Å². The SMILES string of the molecule is Cc1nc(-c2ccc(C(F)(F)F)cc2)sc1C(Oc1ccc2ccn(CC(=O)OC(C)(C)C)c2c1)C(C)C. The van der Waals surface area contributed by atoms with Crippen LogP contribution in [0.1, 0.15) is 56.9 Å². The summed E-state index contributed by atoms with van der Waals surface area (Å²) in [6.45, 7) is 11.6. The molecule has 0 fully saturated rings. The molecule has 2 heterocycles. The van der Waals surface area contributed by atoms with Crippen LogP contribution in [0.25, 0.3) is 21.5 Å². The summed E-state index contributed by atoms with van der Waals surface area (Å²) in [5, 5.41) is 1.61. The van der Waals surface area contributed by atoms with Crippen molar-refractivity contribution in [2.75, 3.05) is 0 Å². The zero-order chi connectivity index (χ0) is 27.8. The Morgan fingerprint density at radius 1 is 1.05 bits per heavy atom. The van der Waals surface area contributed by atoms with E-state index < -0.39 is 17.3 Å². The fourth-order valence-electron chi connectivity index (χ4n) is 4.12. The van der Waals surface area contributed by atoms with Crippen molar-refractivity contribution in [3.8, 4) is 16.3 Å². The van der Waals surface area contributed by atoms with Gasteiger partial charge in [0.05, 0.1) is 21.7 Å². The molecule has 0 aliphatic rings. The molecule has 38 heavy (non-hydrogen) atoms. The van der Waals surface area contributed by atoms with Gasteiger partial charge in [-0.2, -0.15) is 13.2 Å². The van der Waals surface area contributed by atoms with Gasteiger partial charge in [-0.25, -0.2) is 4.98 Å². The number of esters is 1. The third-order valence-corrected chi connectivity index (χ3v) is 7.15. The normalized spacial score (nSPS) is 13.2. The average molecular weight is 545 g/mol. The summed E-state index contributed by atoms with van der Waals surface area (Å²) in [7, 11) is 0. The number of thiazole rings is 1. The lowest BCUT2D eigenvalue weighted by Gasteiger charge is -2.22. The van der Waals surface area contributed by atoms with Crippen LogP contribution in [0.4, 0.5) is 13.2 Å². The number of benzene rings is 2. The van der Waals surface area contributed by atoms with Crippen LogP contribution < -0.4 is 4.74 Å². The summed E-state index contributed by atoms with van der Waals surface area (Å²) in [4.78, 5) is 17.9. The molecule has 1 unspecified atom stereocenters. The van der Waals surface area contributed by atoms with Crippen molar-refractivity contribution in [2.45, 2.75) is 66.0 Å². The van der Waals surface area contributed by atoms with E-state index in [0.29, 0.717) is 16.3 Å². The van der Waals surface area contributed by atoms with E-state index in [1.54, 1.807) is 0 Å². The highest BCUT2D eigenvalue weighted by molar-refractivity contribution is 7.15. The fourth-order valence-corrected chi connectivity index (χ4v) is 5.40. The van der Waals surface area contributed by atoms with Crippen LogP contribution in [0, 0.1) is 12.8 Å². The molecular formula is C29H31F3N2O3S. The van der Waals surface area contributed by atoms with Crippen molar-refractivity contribution in [1.29, 1.82) is 0 Å². The van der Waals surface area contributed by atoms with Crippen LogP contribution in [0.3, 0.4) is 0 Å². The summed E-state index contributed by atoms with van der Waals surface area (Å²) in [6.07, 6.45) is -2.85. The molecule has 4 rings (SSSR count). The number of aryl methyl sites for hydroxylation is 1. The van der Waals surface area contributed by atoms with Crippen molar-refractivity contribution in [1.82, 2.24) is 9.55 Å². The topological polar surface area (TPSA) is 53.4 Å². The van der Waals surface area contributed by atoms with Crippen LogP contribution in [-0.4, -0.2) is 21.1 Å². The molecule has 0 saturated heterocycles. The first-order valence-electron chi connectivity index (χ1n) is 12.3. The lowest BCUT2D eigenvalue weighted by atomic mass is 10.0. The predicted octanol–water partition coefficient (Wildman–Crippen LogP) is 8.21. The van der Waals surface area contributed by atoms with Crippen LogP contribution in [-0.2, 0) is 22.3 Å². The zero-order valence-corrected chi connectivity index (χ0v) is 23.0. The van der Waals surface area contributed by atoms with Gasteiger partial charge in [0.2, 0.25) is 0 Å². The molecule has 4 aromatic rings. The predicted molar refractivity (Wildman–Crippen MR) is 143 cm³/mol. The maximum Gasteiger partial charge on any atom is 0.416 e. The lowest BCUT2D eigenvalue weighted by Crippen LogP contribution is -2.26. The van der Waals surface area contributed by atoms with Crippen molar-refractivity contribution in [3.63, 3.8) is 0 Å². The largest absolute Gasteiger partial charge is 0.484 e. The van der Waals surface area contributed by atoms with Gasteiger partial charge in [0, 0.05) is 17.8 Å². The van der Waals surface area contributed by atoms with E-state index >= 15 is 0 Å². The second-order valence-electron chi connectivity index (χ2n) is 10.6. The summed E-state index contributed by atoms with van der Waals surface area (Å²) < 4.78 is 52.7. The third kappa shape index (κ3) is 6.38. The summed E-state index contributed by atoms with van der Waals surface area (Å²) in [6, 6.07) is 12.7. The second-order valence-corrected chi connectivity index (χ2v) is 11.6. The minimum Gasteiger partial charge on any atom is -0.484 e. The van der Waals surface area contributed by atoms with Crippen LogP contribution >= 0.6 is 11.3 Å². The monoisotopic (exact) mass is 544 g/mol. The van der Waals surface area contributed by atoms with Gasteiger partial charge in [-0.15, -0.1) is 11.3 Å². The lowest BCUT2D eigenvalue weighted by molar-refractivity contribution is -0.155. The Morgan fingerprint density at radius 2 is 1.74 bits per heavy atom. The van der Waals surface area contributed by atoms with Gasteiger partial charge in [-0.1, -0.05) is 26.0 Å². The smallest absolute Gasteiger partial charge is 0.416 e. The Kier molecular flexibility index (Phi) is 7.61. The van der Waals surface area contributed by atoms with E-state index in [1.165, 1.54) is 23.5 Å². The van der Waals surface area contributed by atoms with Gasteiger partial charge in [-0.3, -0.25) is 4.79 Å². The van der Waals surface area contributed by atoms with E-state index in [1.807, 2.05) is 76.6 Å². The number of nitrogens with zero attached hydrogens (tertiary/aromatic N) is 2. The zero-order valence-electron chi connectivity index (χ0n) is 22.2. The van der Waals surface area contributed by atoms with Gasteiger partial charge < -0.3 is 14.0 Å². The maximum atomic E-state index is 13.0. The molecule has 2 aromatic heterocycles. The van der Waals surface area contributed by atoms with Gasteiger partial charge >= 0.3 is 12.1 Å². The number of hydrogen-bond donors (Lipinski definition) is 0. The number of hydrogen-bond acceptors (Lipinski definition) is 5. The highest BCUT2D eigenvalue weighted by atomic mass is 32.1. The van der Waals surface area contributed by atoms with Crippen LogP contribution in [0.2, 0.25) is 0 Å². The van der Waals surface area contributed by atoms with Crippen molar-refractivity contribution >= 4 is 28.2 Å². The minimum atomic E-state index is -4.38. The van der Waals surface area contributed by atoms with E-state index in [2.05, 4.69) is 4.98 Å². The molecule has 0 N–H and O–H groups in total. The first-order valence-corrected chi connectivity index (χ1v) is 13.2. The van der Waals surface area contributed by atoms with Crippen molar-refractivity contribution < 1.29 is 27.4 Å². The van der Waals surface area contributed by atoms with Crippen molar-refractivity contribution in [3.05, 3.63) is 70.9 Å². The molecule has 2 aromatic carbocycles. The molecule has 1 atom stereocenters. The molecule has 0 radical (unpaired) electrons. The Bertz CT molecular complexity index is 1430. The van der Waals surface area contributed by atoms with E-state index in [4.69, 9.17) is 9.47 Å². The third-order valence-electron chi connectivity index (χ3n) is 5.88. The number of halogens is 3. The number of alkyl halides is 3. The van der Waals surface area contributed by atoms with Gasteiger partial charge in [0.1, 0.15) is 29.0 Å². The number of carbonyl (C=O) groups is 1. The fraction of sp³-hybridized carbons (Fsp3) is 0.379. The molecule has 0 aliphatic heterocycles. The molecule has 202 valence electrons. The minimum absolute atomic E-state index is 0.0856. The maximum absolute atomic E-state index is 13.0. The Hall–Kier alpha value is -3.33. The summed E-state index contributed by atoms with van der Waals surface area (Å²) in [5.74, 6) is 0.417. The van der Waals surface area contributed by atoms with E-state index in [0.717, 1.165) is 33.6 Å². The number of rotatable bonds is 7. The Morgan fingerprint density at radius 3 is 2.34 bits per heavy atom. The van der Waals surface area contributed by atoms with Crippen LogP contribution in [0.5, 0.6) is 5.75 Å². The van der Waals surface area contributed by atoms with Gasteiger partial charge in [0.15, 0.2) is 0 Å². The standard InChI is InChI=1S/C29H31F3N2O3S/c1-17(2)25(26-18(3)33-27(38-26)20-7-10-21(11-8-20)29(30,31)32)36-22-12-9-19-13-14-34(23(19)15-22)16-24(35)37-28(4,5)6/h7-15,17,25H,16H2,1-6H3. The molecule has 9 heteroatoms. The molecule has 0 bridgehead atoms. The second kappa shape index (κ2) is 10.4. The molecule has 0 spiro atoms. The Balaban J connectivity index is 1.59. The number of fused-ring (bicyclic) bond motifs is 1. The molecular weight excluding hydrogens is 513 g/mol. The molecule has 0 amide bonds. The van der Waals surface area contributed by atoms with Gasteiger partial charge in [-0.05, 0) is 69.3 Å². The molecule has 0 saturated carbocycles. The number of ether oxygens (including phenoxy) is 2. The van der Waals surface area contributed by atoms with E-state index in [9.17, 15) is 18.0 Å². The highest BCUT2D eigenvalue weighted by Crippen LogP contribution is 2.39. The van der Waals surface area contributed by atoms with Gasteiger partial charge in [0.25, 0.3) is 0 Å². The average Bonchev–Trinajstić information content (AvgIpc) is 3.38. The van der Waals surface area contributed by atoms with E-state index in [-0.39, 0.29) is 24.5 Å². The first kappa shape index (κ1) is 27.7. The highest BCUT2D eigenvalue weighted by Gasteiger charge is 2.30. The quantitative estimate of drug-likeness (QED) is 0.220.